The first-order chi connectivity index (χ1) is 39.1. The van der Waals surface area contributed by atoms with Crippen LogP contribution in [0.25, 0.3) is 0 Å². The van der Waals surface area contributed by atoms with Gasteiger partial charge in [-0.2, -0.15) is 0 Å². The molecule has 2 saturated heterocycles. The molecule has 2 heterocycles. The summed E-state index contributed by atoms with van der Waals surface area (Å²) in [6.07, 6.45) is 58.0. The molecule has 0 spiro atoms. The van der Waals surface area contributed by atoms with Crippen LogP contribution in [0.1, 0.15) is 168 Å². The number of unbranched alkanes of at least 4 members (excludes halogenated alkanes) is 11. The van der Waals surface area contributed by atoms with E-state index in [4.69, 9.17) is 18.9 Å². The van der Waals surface area contributed by atoms with E-state index in [9.17, 15) is 45.6 Å². The average molecular weight is 1120 g/mol. The normalized spacial score (nSPS) is 25.3. The lowest BCUT2D eigenvalue weighted by Gasteiger charge is -2.46. The number of aliphatic hydroxyl groups is 8. The van der Waals surface area contributed by atoms with E-state index < -0.39 is 86.8 Å². The molecule has 0 aromatic rings. The zero-order valence-electron chi connectivity index (χ0n) is 48.5. The number of aliphatic hydroxyl groups excluding tert-OH is 8. The van der Waals surface area contributed by atoms with Crippen molar-refractivity contribution >= 4 is 5.91 Å². The highest BCUT2D eigenvalue weighted by atomic mass is 16.7. The lowest BCUT2D eigenvalue weighted by Crippen LogP contribution is -2.65. The van der Waals surface area contributed by atoms with E-state index in [0.717, 1.165) is 109 Å². The van der Waals surface area contributed by atoms with Gasteiger partial charge in [-0.1, -0.05) is 198 Å². The van der Waals surface area contributed by atoms with Crippen LogP contribution in [0, 0.1) is 0 Å². The van der Waals surface area contributed by atoms with E-state index in [0.29, 0.717) is 12.8 Å². The van der Waals surface area contributed by atoms with Crippen LogP contribution in [0.3, 0.4) is 0 Å². The Morgan fingerprint density at radius 1 is 0.475 bits per heavy atom. The molecule has 12 unspecified atom stereocenters. The summed E-state index contributed by atoms with van der Waals surface area (Å²) in [7, 11) is 0. The summed E-state index contributed by atoms with van der Waals surface area (Å²) in [5.41, 5.74) is 0. The Kier molecular flexibility index (Phi) is 44.5. The monoisotopic (exact) mass is 1120 g/mol. The quantitative estimate of drug-likeness (QED) is 0.0205. The van der Waals surface area contributed by atoms with Gasteiger partial charge >= 0.3 is 0 Å². The molecular formula is C66H105NO13. The van der Waals surface area contributed by atoms with Gasteiger partial charge in [0.15, 0.2) is 12.6 Å². The smallest absolute Gasteiger partial charge is 0.220 e. The Bertz CT molecular complexity index is 1900. The van der Waals surface area contributed by atoms with Crippen molar-refractivity contribution in [3.63, 3.8) is 0 Å². The zero-order chi connectivity index (χ0) is 58.1. The number of carbonyl (C=O) groups excluding carboxylic acids is 1. The molecule has 2 rings (SSSR count). The molecule has 0 aromatic heterocycles. The molecule has 14 heteroatoms. The van der Waals surface area contributed by atoms with Crippen LogP contribution in [0.4, 0.5) is 0 Å². The molecule has 2 fully saturated rings. The summed E-state index contributed by atoms with van der Waals surface area (Å²) in [4.78, 5) is 13.2. The molecule has 1 amide bonds. The van der Waals surface area contributed by atoms with E-state index in [1.807, 2.05) is 19.1 Å². The molecule has 2 aliphatic heterocycles. The molecule has 12 atom stereocenters. The van der Waals surface area contributed by atoms with E-state index >= 15 is 0 Å². The standard InChI is InChI=1S/C66H105NO13/c1-3-5-7-9-11-13-14-15-16-17-18-19-20-21-22-23-24-25-26-27-28-29-30-31-32-33-34-35-36-37-38-39-40-42-44-46-48-50-58(71)67-54(55(70)49-47-45-43-41-12-10-8-6-4-2)53-77-65-63(76)61(74)64(57(52-69)79-65)80-66-62(75)60(73)59(72)56(51-68)78-66/h4-7,11-13,15-16,18-19,21-22,24-25,27-28,30-31,33-34,41,47,49,54-57,59-66,68-70,72-76H,3,8-10,14,17,20,23,26,29,32,35-40,42-46,48,50-53H2,1-2H3,(H,67,71)/b6-4+,7-5-,13-11-,16-15-,19-18-,22-21-,25-24-,28-27-,31-30-,34-33-,41-12+,49-47+. The van der Waals surface area contributed by atoms with Crippen molar-refractivity contribution in [2.75, 3.05) is 19.8 Å². The SMILES string of the molecule is C/C=C/CC/C=C/CC/C=C/C(O)C(COC1OC(CO)C(OC2OC(CO)C(O)C(O)C2O)C(O)C1O)NC(=O)CCCCCCCCCCC/C=C\C/C=C\C/C=C\C/C=C\C/C=C\C/C=C\C/C=C\C/C=C\C/C=C\CC. The molecule has 0 radical (unpaired) electrons. The van der Waals surface area contributed by atoms with Crippen LogP contribution in [0.5, 0.6) is 0 Å². The second-order valence-corrected chi connectivity index (χ2v) is 20.4. The van der Waals surface area contributed by atoms with Crippen LogP contribution in [-0.4, -0.2) is 140 Å². The summed E-state index contributed by atoms with van der Waals surface area (Å²) in [6, 6.07) is -0.949. The topological polar surface area (TPSA) is 228 Å². The fraction of sp³-hybridized carbons (Fsp3) is 0.621. The van der Waals surface area contributed by atoms with Gasteiger partial charge in [0.25, 0.3) is 0 Å². The molecule has 0 saturated carbocycles. The van der Waals surface area contributed by atoms with Crippen LogP contribution < -0.4 is 5.32 Å². The fourth-order valence-corrected chi connectivity index (χ4v) is 8.79. The minimum Gasteiger partial charge on any atom is -0.394 e. The summed E-state index contributed by atoms with van der Waals surface area (Å²) >= 11 is 0. The predicted octanol–water partition coefficient (Wildman–Crippen LogP) is 10.5. The zero-order valence-corrected chi connectivity index (χ0v) is 48.5. The van der Waals surface area contributed by atoms with Gasteiger partial charge in [0, 0.05) is 6.42 Å². The number of ether oxygens (including phenoxy) is 4. The highest BCUT2D eigenvalue weighted by Gasteiger charge is 2.51. The van der Waals surface area contributed by atoms with Gasteiger partial charge in [-0.25, -0.2) is 0 Å². The summed E-state index contributed by atoms with van der Waals surface area (Å²) in [5, 5.41) is 86.7. The van der Waals surface area contributed by atoms with Gasteiger partial charge in [-0.15, -0.1) is 0 Å². The third-order valence-electron chi connectivity index (χ3n) is 13.6. The van der Waals surface area contributed by atoms with Gasteiger partial charge < -0.3 is 65.1 Å². The fourth-order valence-electron chi connectivity index (χ4n) is 8.79. The van der Waals surface area contributed by atoms with Crippen LogP contribution >= 0.6 is 0 Å². The summed E-state index contributed by atoms with van der Waals surface area (Å²) in [6.45, 7) is 2.37. The first-order valence-corrected chi connectivity index (χ1v) is 30.0. The number of rotatable bonds is 45. The Hall–Kier alpha value is -4.13. The number of nitrogens with one attached hydrogen (secondary N) is 1. The van der Waals surface area contributed by atoms with Crippen molar-refractivity contribution in [2.45, 2.75) is 242 Å². The van der Waals surface area contributed by atoms with Crippen molar-refractivity contribution in [1.82, 2.24) is 5.32 Å². The van der Waals surface area contributed by atoms with Crippen LogP contribution in [-0.2, 0) is 23.7 Å². The maximum atomic E-state index is 13.2. The predicted molar refractivity (Wildman–Crippen MR) is 322 cm³/mol. The average Bonchev–Trinajstić information content (AvgIpc) is 3.49. The van der Waals surface area contributed by atoms with Crippen molar-refractivity contribution in [3.05, 3.63) is 146 Å². The third kappa shape index (κ3) is 34.3. The second kappa shape index (κ2) is 49.5. The highest BCUT2D eigenvalue weighted by molar-refractivity contribution is 5.76. The molecule has 2 aliphatic rings. The molecule has 80 heavy (non-hydrogen) atoms. The minimum atomic E-state index is -1.80. The highest BCUT2D eigenvalue weighted by Crippen LogP contribution is 2.30. The van der Waals surface area contributed by atoms with Crippen LogP contribution in [0.2, 0.25) is 0 Å². The summed E-state index contributed by atoms with van der Waals surface area (Å²) < 4.78 is 22.6. The first kappa shape index (κ1) is 72.0. The van der Waals surface area contributed by atoms with E-state index in [2.05, 4.69) is 140 Å². The lowest BCUT2D eigenvalue weighted by atomic mass is 9.97. The minimum absolute atomic E-state index is 0.252. The largest absolute Gasteiger partial charge is 0.394 e. The van der Waals surface area contributed by atoms with Crippen molar-refractivity contribution in [2.24, 2.45) is 0 Å². The molecule has 0 bridgehead atoms. The van der Waals surface area contributed by atoms with Crippen molar-refractivity contribution in [3.8, 4) is 0 Å². The van der Waals surface area contributed by atoms with E-state index in [-0.39, 0.29) is 18.9 Å². The maximum absolute atomic E-state index is 13.2. The molecule has 14 nitrogen and oxygen atoms in total. The number of allylic oxidation sites excluding steroid dienone is 23. The Morgan fingerprint density at radius 2 is 0.887 bits per heavy atom. The number of hydrogen-bond acceptors (Lipinski definition) is 13. The van der Waals surface area contributed by atoms with E-state index in [1.165, 1.54) is 25.7 Å². The van der Waals surface area contributed by atoms with Crippen molar-refractivity contribution in [1.29, 1.82) is 0 Å². The third-order valence-corrected chi connectivity index (χ3v) is 13.6. The lowest BCUT2D eigenvalue weighted by molar-refractivity contribution is -0.359. The number of hydrogen-bond donors (Lipinski definition) is 9. The Morgan fingerprint density at radius 3 is 1.38 bits per heavy atom. The molecular weight excluding hydrogens is 1010 g/mol. The van der Waals surface area contributed by atoms with Crippen molar-refractivity contribution < 1.29 is 64.6 Å². The summed E-state index contributed by atoms with van der Waals surface area (Å²) in [5.74, 6) is -0.271. The Labute approximate surface area is 481 Å². The Balaban J connectivity index is 1.62. The molecule has 0 aromatic carbocycles. The van der Waals surface area contributed by atoms with Crippen LogP contribution in [0.15, 0.2) is 146 Å². The maximum Gasteiger partial charge on any atom is 0.220 e. The first-order valence-electron chi connectivity index (χ1n) is 30.0. The van der Waals surface area contributed by atoms with Gasteiger partial charge in [-0.3, -0.25) is 4.79 Å². The number of carbonyl (C=O) groups is 1. The van der Waals surface area contributed by atoms with Gasteiger partial charge in [0.05, 0.1) is 32.0 Å². The van der Waals surface area contributed by atoms with Gasteiger partial charge in [0.1, 0.15) is 48.8 Å². The second-order valence-electron chi connectivity index (χ2n) is 20.4. The van der Waals surface area contributed by atoms with Gasteiger partial charge in [0.2, 0.25) is 5.91 Å². The molecule has 452 valence electrons. The number of amides is 1. The van der Waals surface area contributed by atoms with Gasteiger partial charge in [-0.05, 0) is 110 Å². The van der Waals surface area contributed by atoms with E-state index in [1.54, 1.807) is 6.08 Å². The molecule has 9 N–H and O–H groups in total. The molecule has 0 aliphatic carbocycles.